The quantitative estimate of drug-likeness (QED) is 0.883. The number of nitrogens with one attached hydrogen (secondary N) is 1. The Kier molecular flexibility index (Phi) is 5.00. The maximum atomic E-state index is 13.2. The van der Waals surface area contributed by atoms with Crippen molar-refractivity contribution in [2.75, 3.05) is 6.61 Å². The van der Waals surface area contributed by atoms with E-state index in [2.05, 4.69) is 10.3 Å². The van der Waals surface area contributed by atoms with Gasteiger partial charge in [-0.05, 0) is 48.7 Å². The molecule has 2 rings (SSSR count). The molecule has 1 aromatic heterocycles. The number of aliphatic hydroxyl groups is 1. The Morgan fingerprint density at radius 3 is 2.71 bits per heavy atom. The molecule has 0 saturated carbocycles. The van der Waals surface area contributed by atoms with Gasteiger partial charge in [-0.1, -0.05) is 6.07 Å². The highest BCUT2D eigenvalue weighted by atomic mass is 19.1. The van der Waals surface area contributed by atoms with Crippen molar-refractivity contribution in [1.29, 1.82) is 0 Å². The minimum absolute atomic E-state index is 0.192. The molecule has 0 saturated heterocycles. The van der Waals surface area contributed by atoms with Gasteiger partial charge in [0, 0.05) is 18.0 Å². The van der Waals surface area contributed by atoms with Gasteiger partial charge in [0.25, 0.3) is 5.91 Å². The fourth-order valence-corrected chi connectivity index (χ4v) is 2.07. The molecule has 1 aromatic carbocycles. The summed E-state index contributed by atoms with van der Waals surface area (Å²) < 4.78 is 13.2. The van der Waals surface area contributed by atoms with Crippen LogP contribution < -0.4 is 5.32 Å². The van der Waals surface area contributed by atoms with Crippen LogP contribution in [-0.4, -0.2) is 28.6 Å². The molecule has 2 N–H and O–H groups in total. The van der Waals surface area contributed by atoms with E-state index in [1.54, 1.807) is 25.4 Å². The lowest BCUT2D eigenvalue weighted by Crippen LogP contribution is -2.39. The molecule has 4 nitrogen and oxygen atoms in total. The van der Waals surface area contributed by atoms with Crippen molar-refractivity contribution in [3.05, 3.63) is 65.2 Å². The van der Waals surface area contributed by atoms with E-state index < -0.39 is 11.9 Å². The molecular formula is C16H17FN2O2. The molecule has 1 heterocycles. The van der Waals surface area contributed by atoms with Gasteiger partial charge in [-0.15, -0.1) is 0 Å². The average Bonchev–Trinajstić information content (AvgIpc) is 2.50. The van der Waals surface area contributed by atoms with E-state index in [4.69, 9.17) is 0 Å². The lowest BCUT2D eigenvalue weighted by molar-refractivity contribution is 0.0915. The highest BCUT2D eigenvalue weighted by Crippen LogP contribution is 2.11. The van der Waals surface area contributed by atoms with Gasteiger partial charge in [0.1, 0.15) is 5.82 Å². The molecule has 1 unspecified atom stereocenters. The Hall–Kier alpha value is -2.27. The Bertz CT molecular complexity index is 617. The molecule has 0 spiro atoms. The van der Waals surface area contributed by atoms with Crippen molar-refractivity contribution in [3.8, 4) is 0 Å². The number of nitrogens with zero attached hydrogens (tertiary/aromatic N) is 1. The van der Waals surface area contributed by atoms with Crippen LogP contribution in [0.25, 0.3) is 0 Å². The van der Waals surface area contributed by atoms with Gasteiger partial charge in [-0.3, -0.25) is 9.78 Å². The Morgan fingerprint density at radius 2 is 2.05 bits per heavy atom. The number of carbonyl (C=O) groups excluding carboxylic acids is 1. The number of hydrogen-bond donors (Lipinski definition) is 2. The van der Waals surface area contributed by atoms with E-state index in [0.29, 0.717) is 12.0 Å². The molecule has 1 amide bonds. The third-order valence-corrected chi connectivity index (χ3v) is 3.23. The average molecular weight is 288 g/mol. The Balaban J connectivity index is 2.07. The van der Waals surface area contributed by atoms with Crippen molar-refractivity contribution in [3.63, 3.8) is 0 Å². The highest BCUT2D eigenvalue weighted by Gasteiger charge is 2.15. The largest absolute Gasteiger partial charge is 0.394 e. The highest BCUT2D eigenvalue weighted by molar-refractivity contribution is 5.95. The van der Waals surface area contributed by atoms with Gasteiger partial charge in [-0.2, -0.15) is 0 Å². The van der Waals surface area contributed by atoms with Crippen LogP contribution in [-0.2, 0) is 6.42 Å². The molecule has 110 valence electrons. The summed E-state index contributed by atoms with van der Waals surface area (Å²) in [5.41, 5.74) is 1.93. The van der Waals surface area contributed by atoms with Crippen LogP contribution in [0, 0.1) is 12.7 Å². The molecule has 5 heteroatoms. The van der Waals surface area contributed by atoms with Crippen LogP contribution >= 0.6 is 0 Å². The van der Waals surface area contributed by atoms with Crippen LogP contribution in [0.15, 0.2) is 42.7 Å². The zero-order chi connectivity index (χ0) is 15.2. The summed E-state index contributed by atoms with van der Waals surface area (Å²) in [4.78, 5) is 16.1. The number of carbonyl (C=O) groups is 1. The van der Waals surface area contributed by atoms with Crippen molar-refractivity contribution >= 4 is 5.91 Å². The van der Waals surface area contributed by atoms with Crippen molar-refractivity contribution < 1.29 is 14.3 Å². The number of hydrogen-bond acceptors (Lipinski definition) is 3. The summed E-state index contributed by atoms with van der Waals surface area (Å²) in [6.45, 7) is 1.55. The first kappa shape index (κ1) is 15.1. The zero-order valence-corrected chi connectivity index (χ0v) is 11.7. The third kappa shape index (κ3) is 4.10. The molecule has 1 atom stereocenters. The molecule has 0 radical (unpaired) electrons. The van der Waals surface area contributed by atoms with Crippen LogP contribution in [0.3, 0.4) is 0 Å². The van der Waals surface area contributed by atoms with Crippen molar-refractivity contribution in [1.82, 2.24) is 10.3 Å². The van der Waals surface area contributed by atoms with Crippen molar-refractivity contribution in [2.24, 2.45) is 0 Å². The summed E-state index contributed by atoms with van der Waals surface area (Å²) in [6, 6.07) is 7.28. The van der Waals surface area contributed by atoms with Gasteiger partial charge in [0.05, 0.1) is 12.6 Å². The predicted octanol–water partition coefficient (Wildman–Crippen LogP) is 1.86. The molecule has 0 bridgehead atoms. The Morgan fingerprint density at radius 1 is 1.33 bits per heavy atom. The molecule has 0 aliphatic carbocycles. The van der Waals surface area contributed by atoms with Gasteiger partial charge in [0.2, 0.25) is 0 Å². The number of amides is 1. The normalized spacial score (nSPS) is 12.0. The van der Waals surface area contributed by atoms with Gasteiger partial charge < -0.3 is 10.4 Å². The fraction of sp³-hybridized carbons (Fsp3) is 0.250. The number of benzene rings is 1. The van der Waals surface area contributed by atoms with E-state index in [-0.39, 0.29) is 18.1 Å². The van der Waals surface area contributed by atoms with E-state index in [0.717, 1.165) is 5.56 Å². The minimum Gasteiger partial charge on any atom is -0.394 e. The molecule has 0 fully saturated rings. The first-order chi connectivity index (χ1) is 10.1. The number of aryl methyl sites for hydroxylation is 1. The maximum absolute atomic E-state index is 13.2. The second-order valence-electron chi connectivity index (χ2n) is 4.87. The fourth-order valence-electron chi connectivity index (χ4n) is 2.07. The number of halogens is 1. The van der Waals surface area contributed by atoms with E-state index in [1.807, 2.05) is 12.1 Å². The van der Waals surface area contributed by atoms with Crippen LogP contribution in [0.5, 0.6) is 0 Å². The second-order valence-corrected chi connectivity index (χ2v) is 4.87. The number of rotatable bonds is 5. The van der Waals surface area contributed by atoms with Gasteiger partial charge in [0.15, 0.2) is 0 Å². The van der Waals surface area contributed by atoms with Crippen LogP contribution in [0.2, 0.25) is 0 Å². The molecular weight excluding hydrogens is 271 g/mol. The second kappa shape index (κ2) is 6.95. The van der Waals surface area contributed by atoms with E-state index in [9.17, 15) is 14.3 Å². The maximum Gasteiger partial charge on any atom is 0.251 e. The molecule has 0 aliphatic rings. The number of pyridine rings is 1. The topological polar surface area (TPSA) is 62.2 Å². The summed E-state index contributed by atoms with van der Waals surface area (Å²) in [6.07, 6.45) is 3.80. The van der Waals surface area contributed by atoms with Crippen LogP contribution in [0.4, 0.5) is 4.39 Å². The van der Waals surface area contributed by atoms with E-state index in [1.165, 1.54) is 12.1 Å². The zero-order valence-electron chi connectivity index (χ0n) is 11.7. The Labute approximate surface area is 122 Å². The number of aromatic nitrogens is 1. The number of aliphatic hydroxyl groups excluding tert-OH is 1. The minimum atomic E-state index is -0.458. The van der Waals surface area contributed by atoms with Crippen LogP contribution in [0.1, 0.15) is 21.5 Å². The van der Waals surface area contributed by atoms with Gasteiger partial charge >= 0.3 is 0 Å². The summed E-state index contributed by atoms with van der Waals surface area (Å²) in [5.74, 6) is -0.847. The lowest BCUT2D eigenvalue weighted by Gasteiger charge is -2.17. The molecule has 2 aromatic rings. The standard InChI is InChI=1S/C16H17FN2O2/c1-11-2-3-13(17)9-15(11)16(21)19-14(10-20)8-12-4-6-18-7-5-12/h2-7,9,14,20H,8,10H2,1H3,(H,19,21). The summed E-state index contributed by atoms with van der Waals surface area (Å²) in [7, 11) is 0. The monoisotopic (exact) mass is 288 g/mol. The van der Waals surface area contributed by atoms with Crippen molar-refractivity contribution in [2.45, 2.75) is 19.4 Å². The molecule has 0 aliphatic heterocycles. The summed E-state index contributed by atoms with van der Waals surface area (Å²) >= 11 is 0. The van der Waals surface area contributed by atoms with Gasteiger partial charge in [-0.25, -0.2) is 4.39 Å². The first-order valence-corrected chi connectivity index (χ1v) is 6.67. The SMILES string of the molecule is Cc1ccc(F)cc1C(=O)NC(CO)Cc1ccncc1. The smallest absolute Gasteiger partial charge is 0.251 e. The third-order valence-electron chi connectivity index (χ3n) is 3.23. The lowest BCUT2D eigenvalue weighted by atomic mass is 10.1. The summed E-state index contributed by atoms with van der Waals surface area (Å²) in [5, 5.41) is 12.1. The first-order valence-electron chi connectivity index (χ1n) is 6.67. The predicted molar refractivity (Wildman–Crippen MR) is 77.4 cm³/mol. The molecule has 21 heavy (non-hydrogen) atoms. The van der Waals surface area contributed by atoms with E-state index >= 15 is 0 Å².